The van der Waals surface area contributed by atoms with E-state index in [1.54, 1.807) is 0 Å². The molecule has 3 N–H and O–H groups in total. The highest BCUT2D eigenvalue weighted by molar-refractivity contribution is 7.17. The van der Waals surface area contributed by atoms with E-state index >= 15 is 0 Å². The van der Waals surface area contributed by atoms with Crippen molar-refractivity contribution in [2.75, 3.05) is 5.32 Å². The van der Waals surface area contributed by atoms with E-state index in [1.807, 2.05) is 37.3 Å². The molecule has 0 radical (unpaired) electrons. The van der Waals surface area contributed by atoms with E-state index in [2.05, 4.69) is 26.1 Å². The van der Waals surface area contributed by atoms with Gasteiger partial charge in [0.1, 0.15) is 5.00 Å². The number of benzene rings is 1. The van der Waals surface area contributed by atoms with Gasteiger partial charge in [-0.05, 0) is 48.1 Å². The summed E-state index contributed by atoms with van der Waals surface area (Å²) in [5.74, 6) is -0.212. The van der Waals surface area contributed by atoms with Crippen LogP contribution in [0.3, 0.4) is 0 Å². The second kappa shape index (κ2) is 8.08. The lowest BCUT2D eigenvalue weighted by atomic mass is 9.72. The Morgan fingerprint density at radius 1 is 1.25 bits per heavy atom. The first-order chi connectivity index (χ1) is 13.2. The first-order valence-corrected chi connectivity index (χ1v) is 10.8. The summed E-state index contributed by atoms with van der Waals surface area (Å²) < 4.78 is 0. The van der Waals surface area contributed by atoms with Crippen molar-refractivity contribution in [2.24, 2.45) is 17.1 Å². The molecule has 2 atom stereocenters. The topological polar surface area (TPSA) is 72.2 Å². The Labute approximate surface area is 171 Å². The number of carbonyl (C=O) groups excluding carboxylic acids is 2. The molecule has 1 aliphatic rings. The zero-order chi connectivity index (χ0) is 20.5. The van der Waals surface area contributed by atoms with Crippen molar-refractivity contribution >= 4 is 28.2 Å². The molecule has 1 heterocycles. The molecule has 0 fully saturated rings. The summed E-state index contributed by atoms with van der Waals surface area (Å²) in [6.45, 7) is 8.79. The van der Waals surface area contributed by atoms with Gasteiger partial charge in [0.05, 0.1) is 11.5 Å². The molecule has 2 amide bonds. The summed E-state index contributed by atoms with van der Waals surface area (Å²) in [4.78, 5) is 26.4. The van der Waals surface area contributed by atoms with E-state index in [9.17, 15) is 9.59 Å². The Balaban J connectivity index is 1.89. The third-order valence-electron chi connectivity index (χ3n) is 5.90. The number of thiophene rings is 1. The zero-order valence-corrected chi connectivity index (χ0v) is 18.0. The standard InChI is InChI=1S/C23H30N2O2S/c1-5-16(14-9-7-6-8-10-14)21(27)25-22-19(20(24)26)17-12-11-15(23(2,3)4)13-18(17)28-22/h6-10,15-16H,5,11-13H2,1-4H3,(H2,24,26)(H,25,27)/t15-,16-/m0/s1. The molecule has 0 saturated carbocycles. The second-order valence-corrected chi connectivity index (χ2v) is 9.84. The number of primary amides is 1. The Bertz CT molecular complexity index is 865. The van der Waals surface area contributed by atoms with Crippen LogP contribution >= 0.6 is 11.3 Å². The van der Waals surface area contributed by atoms with E-state index in [-0.39, 0.29) is 17.2 Å². The lowest BCUT2D eigenvalue weighted by molar-refractivity contribution is -0.117. The Hall–Kier alpha value is -2.14. The van der Waals surface area contributed by atoms with Crippen molar-refractivity contribution in [3.8, 4) is 0 Å². The van der Waals surface area contributed by atoms with Crippen LogP contribution in [-0.4, -0.2) is 11.8 Å². The molecule has 5 heteroatoms. The van der Waals surface area contributed by atoms with Crippen LogP contribution in [0.4, 0.5) is 5.00 Å². The number of hydrogen-bond donors (Lipinski definition) is 2. The predicted octanol–water partition coefficient (Wildman–Crippen LogP) is 5.13. The normalized spacial score (nSPS) is 17.6. The maximum absolute atomic E-state index is 13.0. The fraction of sp³-hybridized carbons (Fsp3) is 0.478. The van der Waals surface area contributed by atoms with Gasteiger partial charge in [-0.15, -0.1) is 11.3 Å². The van der Waals surface area contributed by atoms with Gasteiger partial charge in [0.15, 0.2) is 0 Å². The summed E-state index contributed by atoms with van der Waals surface area (Å²) in [5.41, 5.74) is 8.48. The van der Waals surface area contributed by atoms with Crippen LogP contribution in [0.5, 0.6) is 0 Å². The van der Waals surface area contributed by atoms with Crippen molar-refractivity contribution < 1.29 is 9.59 Å². The molecule has 0 saturated heterocycles. The van der Waals surface area contributed by atoms with Crippen molar-refractivity contribution in [1.82, 2.24) is 0 Å². The maximum atomic E-state index is 13.0. The van der Waals surface area contributed by atoms with Crippen LogP contribution < -0.4 is 11.1 Å². The van der Waals surface area contributed by atoms with Crippen LogP contribution in [0.15, 0.2) is 30.3 Å². The van der Waals surface area contributed by atoms with Gasteiger partial charge in [-0.25, -0.2) is 0 Å². The van der Waals surface area contributed by atoms with Crippen LogP contribution in [0.25, 0.3) is 0 Å². The monoisotopic (exact) mass is 398 g/mol. The quantitative estimate of drug-likeness (QED) is 0.733. The third kappa shape index (κ3) is 4.14. The molecule has 1 aromatic heterocycles. The number of rotatable bonds is 5. The first kappa shape index (κ1) is 20.6. The minimum Gasteiger partial charge on any atom is -0.365 e. The first-order valence-electron chi connectivity index (χ1n) is 10.0. The predicted molar refractivity (Wildman–Crippen MR) is 116 cm³/mol. The summed E-state index contributed by atoms with van der Waals surface area (Å²) >= 11 is 1.53. The van der Waals surface area contributed by atoms with E-state index in [4.69, 9.17) is 5.73 Å². The number of amides is 2. The van der Waals surface area contributed by atoms with Crippen LogP contribution in [0.1, 0.15) is 72.8 Å². The molecule has 1 aliphatic carbocycles. The fourth-order valence-electron chi connectivity index (χ4n) is 4.13. The highest BCUT2D eigenvalue weighted by Crippen LogP contribution is 2.44. The second-order valence-electron chi connectivity index (χ2n) is 8.74. The Morgan fingerprint density at radius 2 is 1.93 bits per heavy atom. The SMILES string of the molecule is CC[C@H](C(=O)Nc1sc2c(c1C(N)=O)CC[C@H](C(C)(C)C)C2)c1ccccc1. The van der Waals surface area contributed by atoms with Crippen LogP contribution in [0.2, 0.25) is 0 Å². The Morgan fingerprint density at radius 3 is 2.50 bits per heavy atom. The molecule has 3 rings (SSSR count). The lowest BCUT2D eigenvalue weighted by Crippen LogP contribution is -2.27. The number of carbonyl (C=O) groups is 2. The van der Waals surface area contributed by atoms with E-state index in [1.165, 1.54) is 16.2 Å². The molecule has 4 nitrogen and oxygen atoms in total. The van der Waals surface area contributed by atoms with Gasteiger partial charge >= 0.3 is 0 Å². The molecule has 2 aromatic rings. The average molecular weight is 399 g/mol. The lowest BCUT2D eigenvalue weighted by Gasteiger charge is -2.33. The van der Waals surface area contributed by atoms with Gasteiger partial charge in [0.25, 0.3) is 5.91 Å². The Kier molecular flexibility index (Phi) is 5.94. The van der Waals surface area contributed by atoms with Crippen LogP contribution in [-0.2, 0) is 17.6 Å². The average Bonchev–Trinajstić information content (AvgIpc) is 2.99. The maximum Gasteiger partial charge on any atom is 0.251 e. The molecule has 1 aromatic carbocycles. The molecular weight excluding hydrogens is 368 g/mol. The van der Waals surface area contributed by atoms with Crippen molar-refractivity contribution in [1.29, 1.82) is 0 Å². The highest BCUT2D eigenvalue weighted by Gasteiger charge is 2.34. The molecule has 28 heavy (non-hydrogen) atoms. The number of fused-ring (bicyclic) bond motifs is 1. The van der Waals surface area contributed by atoms with Gasteiger partial charge < -0.3 is 11.1 Å². The highest BCUT2D eigenvalue weighted by atomic mass is 32.1. The van der Waals surface area contributed by atoms with Crippen LogP contribution in [0, 0.1) is 11.3 Å². The number of nitrogens with two attached hydrogens (primary N) is 1. The summed E-state index contributed by atoms with van der Waals surface area (Å²) in [5, 5.41) is 3.65. The fourth-order valence-corrected chi connectivity index (χ4v) is 5.47. The summed E-state index contributed by atoms with van der Waals surface area (Å²) in [6, 6.07) is 9.76. The molecular formula is C23H30N2O2S. The minimum absolute atomic E-state index is 0.0813. The largest absolute Gasteiger partial charge is 0.365 e. The summed E-state index contributed by atoms with van der Waals surface area (Å²) in [6.07, 6.45) is 3.52. The van der Waals surface area contributed by atoms with Gasteiger partial charge in [-0.3, -0.25) is 9.59 Å². The molecule has 0 unspecified atom stereocenters. The number of nitrogens with one attached hydrogen (secondary N) is 1. The van der Waals surface area contributed by atoms with Gasteiger partial charge in [0.2, 0.25) is 5.91 Å². The molecule has 0 bridgehead atoms. The van der Waals surface area contributed by atoms with E-state index in [0.29, 0.717) is 22.9 Å². The number of hydrogen-bond acceptors (Lipinski definition) is 3. The molecule has 150 valence electrons. The zero-order valence-electron chi connectivity index (χ0n) is 17.2. The van der Waals surface area contributed by atoms with Crippen molar-refractivity contribution in [3.05, 3.63) is 51.9 Å². The van der Waals surface area contributed by atoms with Crippen molar-refractivity contribution in [2.45, 2.75) is 59.3 Å². The van der Waals surface area contributed by atoms with Gasteiger partial charge in [-0.2, -0.15) is 0 Å². The number of anilines is 1. The van der Waals surface area contributed by atoms with Gasteiger partial charge in [-0.1, -0.05) is 58.0 Å². The van der Waals surface area contributed by atoms with E-state index < -0.39 is 5.91 Å². The third-order valence-corrected chi connectivity index (χ3v) is 7.07. The van der Waals surface area contributed by atoms with Gasteiger partial charge in [0, 0.05) is 4.88 Å². The van der Waals surface area contributed by atoms with Crippen molar-refractivity contribution in [3.63, 3.8) is 0 Å². The smallest absolute Gasteiger partial charge is 0.251 e. The minimum atomic E-state index is -0.449. The molecule has 0 spiro atoms. The molecule has 0 aliphatic heterocycles. The summed E-state index contributed by atoms with van der Waals surface area (Å²) in [7, 11) is 0. The van der Waals surface area contributed by atoms with E-state index in [0.717, 1.165) is 30.4 Å².